The van der Waals surface area contributed by atoms with Gasteiger partial charge in [-0.15, -0.1) is 0 Å². The number of hydrogen-bond donors (Lipinski definition) is 3. The third-order valence-electron chi connectivity index (χ3n) is 3.52. The molecule has 132 valence electrons. The first-order valence-electron chi connectivity index (χ1n) is 8.15. The third-order valence-corrected chi connectivity index (χ3v) is 3.52. The highest BCUT2D eigenvalue weighted by Crippen LogP contribution is 2.17. The Balaban J connectivity index is 1.68. The van der Waals surface area contributed by atoms with Crippen LogP contribution >= 0.6 is 0 Å². The Bertz CT molecular complexity index is 731. The van der Waals surface area contributed by atoms with Gasteiger partial charge < -0.3 is 21.1 Å². The van der Waals surface area contributed by atoms with E-state index in [4.69, 9.17) is 10.5 Å². The Hall–Kier alpha value is -3.02. The topological polar surface area (TPSA) is 93.5 Å². The lowest BCUT2D eigenvalue weighted by atomic mass is 10.1. The molecule has 0 aliphatic heterocycles. The SMILES string of the molecule is CC(=O)Nc1cccc(OCCNC(=O)CCc2ccccc2N)c1. The van der Waals surface area contributed by atoms with Gasteiger partial charge in [0.2, 0.25) is 11.8 Å². The fraction of sp³-hybridized carbons (Fsp3) is 0.263. The fourth-order valence-electron chi connectivity index (χ4n) is 2.32. The van der Waals surface area contributed by atoms with Crippen molar-refractivity contribution in [2.24, 2.45) is 0 Å². The summed E-state index contributed by atoms with van der Waals surface area (Å²) in [6.07, 6.45) is 0.990. The average molecular weight is 341 g/mol. The van der Waals surface area contributed by atoms with Gasteiger partial charge in [-0.25, -0.2) is 0 Å². The summed E-state index contributed by atoms with van der Waals surface area (Å²) in [5.41, 5.74) is 8.21. The first-order valence-corrected chi connectivity index (χ1v) is 8.15. The highest BCUT2D eigenvalue weighted by Gasteiger charge is 2.04. The minimum absolute atomic E-state index is 0.0427. The van der Waals surface area contributed by atoms with Gasteiger partial charge in [-0.2, -0.15) is 0 Å². The van der Waals surface area contributed by atoms with Crippen LogP contribution < -0.4 is 21.1 Å². The molecular formula is C19H23N3O3. The van der Waals surface area contributed by atoms with Crippen LogP contribution in [0, 0.1) is 0 Å². The van der Waals surface area contributed by atoms with Crippen molar-refractivity contribution in [2.45, 2.75) is 19.8 Å². The number of nitrogens with one attached hydrogen (secondary N) is 2. The number of aryl methyl sites for hydroxylation is 1. The standard InChI is InChI=1S/C19H23N3O3/c1-14(23)22-16-6-4-7-17(13-16)25-12-11-21-19(24)10-9-15-5-2-3-8-18(15)20/h2-8,13H,9-12,20H2,1H3,(H,21,24)(H,22,23). The van der Waals surface area contributed by atoms with Crippen LogP contribution in [0.5, 0.6) is 5.75 Å². The zero-order valence-corrected chi connectivity index (χ0v) is 14.2. The number of carbonyl (C=O) groups is 2. The summed E-state index contributed by atoms with van der Waals surface area (Å²) in [5.74, 6) is 0.458. The van der Waals surface area contributed by atoms with Crippen molar-refractivity contribution in [1.82, 2.24) is 5.32 Å². The number of anilines is 2. The lowest BCUT2D eigenvalue weighted by Crippen LogP contribution is -2.28. The Morgan fingerprint density at radius 3 is 2.68 bits per heavy atom. The first kappa shape index (κ1) is 18.3. The summed E-state index contributed by atoms with van der Waals surface area (Å²) >= 11 is 0. The van der Waals surface area contributed by atoms with Gasteiger partial charge in [0.15, 0.2) is 0 Å². The largest absolute Gasteiger partial charge is 0.492 e. The molecule has 0 fully saturated rings. The van der Waals surface area contributed by atoms with Crippen molar-refractivity contribution in [3.8, 4) is 5.75 Å². The van der Waals surface area contributed by atoms with Crippen LogP contribution in [-0.4, -0.2) is 25.0 Å². The summed E-state index contributed by atoms with van der Waals surface area (Å²) in [6, 6.07) is 14.6. The van der Waals surface area contributed by atoms with E-state index in [9.17, 15) is 9.59 Å². The van der Waals surface area contributed by atoms with E-state index in [2.05, 4.69) is 10.6 Å². The van der Waals surface area contributed by atoms with E-state index in [0.717, 1.165) is 5.56 Å². The van der Waals surface area contributed by atoms with E-state index in [-0.39, 0.29) is 11.8 Å². The Morgan fingerprint density at radius 1 is 1.12 bits per heavy atom. The maximum Gasteiger partial charge on any atom is 0.221 e. The average Bonchev–Trinajstić information content (AvgIpc) is 2.58. The van der Waals surface area contributed by atoms with Gasteiger partial charge >= 0.3 is 0 Å². The molecule has 0 heterocycles. The molecule has 0 aromatic heterocycles. The van der Waals surface area contributed by atoms with Crippen molar-refractivity contribution in [3.63, 3.8) is 0 Å². The molecule has 2 amide bonds. The number of rotatable bonds is 8. The molecule has 6 nitrogen and oxygen atoms in total. The van der Waals surface area contributed by atoms with Crippen molar-refractivity contribution >= 4 is 23.2 Å². The monoisotopic (exact) mass is 341 g/mol. The number of ether oxygens (including phenoxy) is 1. The molecule has 0 aliphatic rings. The van der Waals surface area contributed by atoms with Crippen LogP contribution in [0.25, 0.3) is 0 Å². The number of hydrogen-bond acceptors (Lipinski definition) is 4. The predicted molar refractivity (Wildman–Crippen MR) is 98.4 cm³/mol. The van der Waals surface area contributed by atoms with Gasteiger partial charge in [-0.05, 0) is 30.2 Å². The number of para-hydroxylation sites is 1. The molecule has 0 unspecified atom stereocenters. The van der Waals surface area contributed by atoms with Crippen LogP contribution in [0.15, 0.2) is 48.5 Å². The molecule has 2 aromatic rings. The maximum atomic E-state index is 11.9. The second kappa shape index (κ2) is 9.32. The van der Waals surface area contributed by atoms with Gasteiger partial charge in [0, 0.05) is 30.8 Å². The number of benzene rings is 2. The Labute approximate surface area is 147 Å². The van der Waals surface area contributed by atoms with Gasteiger partial charge in [0.25, 0.3) is 0 Å². The van der Waals surface area contributed by atoms with Crippen LogP contribution in [-0.2, 0) is 16.0 Å². The first-order chi connectivity index (χ1) is 12.0. The second-order valence-electron chi connectivity index (χ2n) is 5.61. The summed E-state index contributed by atoms with van der Waals surface area (Å²) in [5, 5.41) is 5.51. The van der Waals surface area contributed by atoms with Crippen molar-refractivity contribution in [3.05, 3.63) is 54.1 Å². The van der Waals surface area contributed by atoms with Gasteiger partial charge in [-0.1, -0.05) is 24.3 Å². The zero-order chi connectivity index (χ0) is 18.1. The zero-order valence-electron chi connectivity index (χ0n) is 14.2. The Kier molecular flexibility index (Phi) is 6.83. The minimum Gasteiger partial charge on any atom is -0.492 e. The van der Waals surface area contributed by atoms with Gasteiger partial charge in [0.05, 0.1) is 6.54 Å². The van der Waals surface area contributed by atoms with Crippen LogP contribution in [0.2, 0.25) is 0 Å². The minimum atomic E-state index is -0.136. The van der Waals surface area contributed by atoms with Gasteiger partial charge in [-0.3, -0.25) is 9.59 Å². The highest BCUT2D eigenvalue weighted by molar-refractivity contribution is 5.88. The number of amides is 2. The van der Waals surface area contributed by atoms with Crippen LogP contribution in [0.1, 0.15) is 18.9 Å². The molecule has 0 spiro atoms. The van der Waals surface area contributed by atoms with Crippen molar-refractivity contribution in [1.29, 1.82) is 0 Å². The molecule has 6 heteroatoms. The maximum absolute atomic E-state index is 11.9. The predicted octanol–water partition coefficient (Wildman–Crippen LogP) is 2.36. The van der Waals surface area contributed by atoms with E-state index in [1.165, 1.54) is 6.92 Å². The normalized spacial score (nSPS) is 10.1. The number of nitrogen functional groups attached to an aromatic ring is 1. The summed E-state index contributed by atoms with van der Waals surface area (Å²) in [7, 11) is 0. The number of nitrogens with two attached hydrogens (primary N) is 1. The molecule has 0 radical (unpaired) electrons. The molecule has 0 bridgehead atoms. The molecule has 0 saturated carbocycles. The fourth-order valence-corrected chi connectivity index (χ4v) is 2.32. The molecule has 4 N–H and O–H groups in total. The second-order valence-corrected chi connectivity index (χ2v) is 5.61. The van der Waals surface area contributed by atoms with E-state index < -0.39 is 0 Å². The van der Waals surface area contributed by atoms with Crippen molar-refractivity contribution < 1.29 is 14.3 Å². The quantitative estimate of drug-likeness (QED) is 0.507. The summed E-state index contributed by atoms with van der Waals surface area (Å²) < 4.78 is 5.57. The molecule has 2 rings (SSSR count). The smallest absolute Gasteiger partial charge is 0.221 e. The summed E-state index contributed by atoms with van der Waals surface area (Å²) in [6.45, 7) is 2.21. The summed E-state index contributed by atoms with van der Waals surface area (Å²) in [4.78, 5) is 22.9. The number of carbonyl (C=O) groups excluding carboxylic acids is 2. The molecule has 0 saturated heterocycles. The lowest BCUT2D eigenvalue weighted by Gasteiger charge is -2.10. The molecule has 0 atom stereocenters. The van der Waals surface area contributed by atoms with Crippen LogP contribution in [0.4, 0.5) is 11.4 Å². The van der Waals surface area contributed by atoms with E-state index in [1.54, 1.807) is 24.3 Å². The van der Waals surface area contributed by atoms with Crippen LogP contribution in [0.3, 0.4) is 0 Å². The van der Waals surface area contributed by atoms with Crippen molar-refractivity contribution in [2.75, 3.05) is 24.2 Å². The molecular weight excluding hydrogens is 318 g/mol. The van der Waals surface area contributed by atoms with Gasteiger partial charge in [0.1, 0.15) is 12.4 Å². The third kappa shape index (κ3) is 6.55. The molecule has 25 heavy (non-hydrogen) atoms. The molecule has 0 aliphatic carbocycles. The Morgan fingerprint density at radius 2 is 1.92 bits per heavy atom. The van der Waals surface area contributed by atoms with E-state index in [1.807, 2.05) is 24.3 Å². The lowest BCUT2D eigenvalue weighted by molar-refractivity contribution is -0.121. The highest BCUT2D eigenvalue weighted by atomic mass is 16.5. The molecule has 2 aromatic carbocycles. The van der Waals surface area contributed by atoms with E-state index >= 15 is 0 Å². The van der Waals surface area contributed by atoms with E-state index in [0.29, 0.717) is 43.1 Å².